The van der Waals surface area contributed by atoms with Crippen LogP contribution in [0, 0.1) is 5.41 Å². The molecule has 0 bridgehead atoms. The van der Waals surface area contributed by atoms with E-state index in [9.17, 15) is 4.79 Å². The Morgan fingerprint density at radius 1 is 1.47 bits per heavy atom. The third-order valence-electron chi connectivity index (χ3n) is 3.94. The number of carbonyl (C=O) groups is 1. The van der Waals surface area contributed by atoms with Crippen molar-refractivity contribution in [2.45, 2.75) is 39.5 Å². The number of aromatic amines is 1. The van der Waals surface area contributed by atoms with Crippen molar-refractivity contribution in [3.05, 3.63) is 17.5 Å². The van der Waals surface area contributed by atoms with Crippen LogP contribution in [0.2, 0.25) is 0 Å². The fourth-order valence-electron chi connectivity index (χ4n) is 2.34. The molecule has 0 saturated carbocycles. The molecule has 1 saturated heterocycles. The van der Waals surface area contributed by atoms with Crippen LogP contribution in [0.3, 0.4) is 0 Å². The average molecular weight is 264 g/mol. The molecule has 0 aliphatic carbocycles. The van der Waals surface area contributed by atoms with E-state index in [1.807, 2.05) is 6.07 Å². The lowest BCUT2D eigenvalue weighted by Gasteiger charge is -2.34. The monoisotopic (exact) mass is 264 g/mol. The quantitative estimate of drug-likeness (QED) is 0.774. The number of hydrogen-bond donors (Lipinski definition) is 3. The van der Waals surface area contributed by atoms with Crippen LogP contribution in [0.1, 0.15) is 55.7 Å². The summed E-state index contributed by atoms with van der Waals surface area (Å²) < 4.78 is 0. The van der Waals surface area contributed by atoms with Gasteiger partial charge in [0.25, 0.3) is 5.91 Å². The fraction of sp³-hybridized carbons (Fsp3) is 0.714. The maximum absolute atomic E-state index is 12.1. The number of hydrogen-bond acceptors (Lipinski definition) is 3. The number of aromatic nitrogens is 2. The first-order valence-corrected chi connectivity index (χ1v) is 7.04. The molecule has 19 heavy (non-hydrogen) atoms. The molecule has 3 N–H and O–H groups in total. The number of piperidine rings is 1. The molecule has 1 aliphatic heterocycles. The third kappa shape index (κ3) is 3.56. The van der Waals surface area contributed by atoms with Gasteiger partial charge in [0.15, 0.2) is 0 Å². The van der Waals surface area contributed by atoms with Gasteiger partial charge in [0.1, 0.15) is 5.69 Å². The molecule has 0 spiro atoms. The average Bonchev–Trinajstić information content (AvgIpc) is 2.87. The van der Waals surface area contributed by atoms with Gasteiger partial charge < -0.3 is 10.6 Å². The zero-order valence-electron chi connectivity index (χ0n) is 12.0. The molecule has 1 amide bonds. The van der Waals surface area contributed by atoms with Crippen LogP contribution in [0.5, 0.6) is 0 Å². The molecule has 1 aliphatic rings. The number of amides is 1. The van der Waals surface area contributed by atoms with Gasteiger partial charge in [-0.25, -0.2) is 0 Å². The molecule has 5 nitrogen and oxygen atoms in total. The minimum atomic E-state index is -0.0806. The van der Waals surface area contributed by atoms with Gasteiger partial charge in [-0.05, 0) is 43.3 Å². The van der Waals surface area contributed by atoms with E-state index in [2.05, 4.69) is 41.6 Å². The first kappa shape index (κ1) is 14.1. The second-order valence-corrected chi connectivity index (χ2v) is 6.11. The Bertz CT molecular complexity index is 432. The van der Waals surface area contributed by atoms with Gasteiger partial charge in [-0.15, -0.1) is 0 Å². The van der Waals surface area contributed by atoms with Gasteiger partial charge in [-0.3, -0.25) is 9.89 Å². The smallest absolute Gasteiger partial charge is 0.271 e. The molecule has 1 fully saturated rings. The van der Waals surface area contributed by atoms with Gasteiger partial charge in [0, 0.05) is 12.2 Å². The van der Waals surface area contributed by atoms with E-state index < -0.39 is 0 Å². The highest BCUT2D eigenvalue weighted by molar-refractivity contribution is 5.92. The zero-order chi connectivity index (χ0) is 13.9. The molecule has 0 atom stereocenters. The van der Waals surface area contributed by atoms with Crippen LogP contribution in [0.25, 0.3) is 0 Å². The summed E-state index contributed by atoms with van der Waals surface area (Å²) in [5.74, 6) is 0.277. The number of carbonyl (C=O) groups excluding carboxylic acids is 1. The first-order chi connectivity index (χ1) is 9.00. The standard InChI is InChI=1S/C14H24N4O/c1-10(2)11-8-12(18-17-11)13(19)16-9-14(3)4-6-15-7-5-14/h8,10,15H,4-7,9H2,1-3H3,(H,16,19)(H,17,18). The normalized spacial score (nSPS) is 18.5. The molecule has 1 aromatic rings. The largest absolute Gasteiger partial charge is 0.350 e. The lowest BCUT2D eigenvalue weighted by molar-refractivity contribution is 0.0917. The maximum Gasteiger partial charge on any atom is 0.271 e. The van der Waals surface area contributed by atoms with Crippen molar-refractivity contribution in [2.75, 3.05) is 19.6 Å². The van der Waals surface area contributed by atoms with E-state index in [-0.39, 0.29) is 11.3 Å². The maximum atomic E-state index is 12.1. The van der Waals surface area contributed by atoms with Crippen molar-refractivity contribution >= 4 is 5.91 Å². The van der Waals surface area contributed by atoms with E-state index >= 15 is 0 Å². The number of H-pyrrole nitrogens is 1. The summed E-state index contributed by atoms with van der Waals surface area (Å²) in [5.41, 5.74) is 1.69. The molecule has 5 heteroatoms. The molecule has 2 rings (SSSR count). The van der Waals surface area contributed by atoms with Crippen molar-refractivity contribution in [3.63, 3.8) is 0 Å². The lowest BCUT2D eigenvalue weighted by Crippen LogP contribution is -2.42. The van der Waals surface area contributed by atoms with Crippen LogP contribution in [-0.4, -0.2) is 35.7 Å². The molecule has 1 aromatic heterocycles. The van der Waals surface area contributed by atoms with E-state index in [1.165, 1.54) is 0 Å². The van der Waals surface area contributed by atoms with Crippen molar-refractivity contribution in [1.82, 2.24) is 20.8 Å². The highest BCUT2D eigenvalue weighted by atomic mass is 16.1. The Morgan fingerprint density at radius 3 is 2.74 bits per heavy atom. The second-order valence-electron chi connectivity index (χ2n) is 6.11. The van der Waals surface area contributed by atoms with E-state index in [0.29, 0.717) is 11.6 Å². The van der Waals surface area contributed by atoms with Gasteiger partial charge in [-0.1, -0.05) is 20.8 Å². The van der Waals surface area contributed by atoms with Crippen LogP contribution in [0.15, 0.2) is 6.07 Å². The summed E-state index contributed by atoms with van der Waals surface area (Å²) in [6.07, 6.45) is 2.20. The van der Waals surface area contributed by atoms with Crippen molar-refractivity contribution in [3.8, 4) is 0 Å². The van der Waals surface area contributed by atoms with Crippen LogP contribution in [0.4, 0.5) is 0 Å². The Morgan fingerprint density at radius 2 is 2.16 bits per heavy atom. The molecule has 0 radical (unpaired) electrons. The summed E-state index contributed by atoms with van der Waals surface area (Å²) in [4.78, 5) is 12.1. The minimum Gasteiger partial charge on any atom is -0.350 e. The Labute approximate surface area is 114 Å². The fourth-order valence-corrected chi connectivity index (χ4v) is 2.34. The van der Waals surface area contributed by atoms with Gasteiger partial charge in [0.05, 0.1) is 0 Å². The van der Waals surface area contributed by atoms with Crippen LogP contribution < -0.4 is 10.6 Å². The SMILES string of the molecule is CC(C)c1cc(C(=O)NCC2(C)CCNCC2)n[nH]1. The topological polar surface area (TPSA) is 69.8 Å². The minimum absolute atomic E-state index is 0.0806. The molecule has 0 unspecified atom stereocenters. The van der Waals surface area contributed by atoms with Crippen molar-refractivity contribution in [2.24, 2.45) is 5.41 Å². The zero-order valence-corrected chi connectivity index (χ0v) is 12.0. The highest BCUT2D eigenvalue weighted by Crippen LogP contribution is 2.26. The van der Waals surface area contributed by atoms with Gasteiger partial charge in [0.2, 0.25) is 0 Å². The molecular weight excluding hydrogens is 240 g/mol. The van der Waals surface area contributed by atoms with E-state index in [0.717, 1.165) is 38.2 Å². The van der Waals surface area contributed by atoms with Crippen LogP contribution >= 0.6 is 0 Å². The molecular formula is C14H24N4O. The molecule has 2 heterocycles. The number of rotatable bonds is 4. The summed E-state index contributed by atoms with van der Waals surface area (Å²) in [6, 6.07) is 1.84. The molecule has 0 aromatic carbocycles. The van der Waals surface area contributed by atoms with Crippen LogP contribution in [-0.2, 0) is 0 Å². The molecule has 106 valence electrons. The summed E-state index contributed by atoms with van der Waals surface area (Å²) >= 11 is 0. The van der Waals surface area contributed by atoms with Gasteiger partial charge in [-0.2, -0.15) is 5.10 Å². The van der Waals surface area contributed by atoms with Crippen molar-refractivity contribution < 1.29 is 4.79 Å². The van der Waals surface area contributed by atoms with E-state index in [4.69, 9.17) is 0 Å². The highest BCUT2D eigenvalue weighted by Gasteiger charge is 2.27. The summed E-state index contributed by atoms with van der Waals surface area (Å²) in [7, 11) is 0. The Balaban J connectivity index is 1.89. The van der Waals surface area contributed by atoms with Crippen molar-refractivity contribution in [1.29, 1.82) is 0 Å². The number of nitrogens with one attached hydrogen (secondary N) is 3. The predicted molar refractivity (Wildman–Crippen MR) is 75.2 cm³/mol. The third-order valence-corrected chi connectivity index (χ3v) is 3.94. The first-order valence-electron chi connectivity index (χ1n) is 7.04. The predicted octanol–water partition coefficient (Wildman–Crippen LogP) is 1.65. The summed E-state index contributed by atoms with van der Waals surface area (Å²) in [5, 5.41) is 13.3. The second kappa shape index (κ2) is 5.74. The van der Waals surface area contributed by atoms with Gasteiger partial charge >= 0.3 is 0 Å². The summed E-state index contributed by atoms with van der Waals surface area (Å²) in [6.45, 7) is 9.17. The Kier molecular flexibility index (Phi) is 4.24. The Hall–Kier alpha value is -1.36. The number of nitrogens with zero attached hydrogens (tertiary/aromatic N) is 1. The van der Waals surface area contributed by atoms with E-state index in [1.54, 1.807) is 0 Å². The lowest BCUT2D eigenvalue weighted by atomic mass is 9.81.